The first-order chi connectivity index (χ1) is 11.8. The lowest BCUT2D eigenvalue weighted by molar-refractivity contribution is 0.402. The third kappa shape index (κ3) is 6.02. The molecule has 130 valence electrons. The Hall–Kier alpha value is -1.21. The van der Waals surface area contributed by atoms with Crippen LogP contribution in [0.1, 0.15) is 57.9 Å². The van der Waals surface area contributed by atoms with Gasteiger partial charge in [-0.05, 0) is 53.8 Å². The average Bonchev–Trinajstić information content (AvgIpc) is 2.64. The van der Waals surface area contributed by atoms with E-state index in [-0.39, 0.29) is 0 Å². The van der Waals surface area contributed by atoms with Crippen molar-refractivity contribution >= 4 is 11.8 Å². The van der Waals surface area contributed by atoms with Crippen LogP contribution in [-0.2, 0) is 6.42 Å². The summed E-state index contributed by atoms with van der Waals surface area (Å²) < 4.78 is 0. The van der Waals surface area contributed by atoms with E-state index in [1.54, 1.807) is 11.8 Å². The molecule has 0 amide bonds. The monoisotopic (exact) mass is 340 g/mol. The summed E-state index contributed by atoms with van der Waals surface area (Å²) in [5, 5.41) is 0. The maximum absolute atomic E-state index is 2.32. The summed E-state index contributed by atoms with van der Waals surface area (Å²) in [7, 11) is 0. The van der Waals surface area contributed by atoms with Crippen LogP contribution in [0.2, 0.25) is 0 Å². The first-order valence-electron chi connectivity index (χ1n) is 9.50. The first kappa shape index (κ1) is 19.1. The molecule has 0 aromatic heterocycles. The van der Waals surface area contributed by atoms with Crippen molar-refractivity contribution in [2.24, 2.45) is 5.92 Å². The smallest absolute Gasteiger partial charge is 0.00695 e. The molecule has 1 unspecified atom stereocenters. The van der Waals surface area contributed by atoms with Crippen LogP contribution in [0.3, 0.4) is 0 Å². The number of hydrogen-bond acceptors (Lipinski definition) is 1. The van der Waals surface area contributed by atoms with Gasteiger partial charge < -0.3 is 0 Å². The molecule has 0 aliphatic carbocycles. The lowest BCUT2D eigenvalue weighted by Crippen LogP contribution is -2.02. The summed E-state index contributed by atoms with van der Waals surface area (Å²) in [5.41, 5.74) is 4.12. The quantitative estimate of drug-likeness (QED) is 0.401. The Morgan fingerprint density at radius 2 is 1.38 bits per heavy atom. The fraction of sp³-hybridized carbons (Fsp3) is 0.478. The zero-order chi connectivity index (χ0) is 17.2. The largest absolute Gasteiger partial charge is 0.130 e. The van der Waals surface area contributed by atoms with Crippen LogP contribution < -0.4 is 0 Å². The Bertz CT molecular complexity index is 568. The molecule has 2 aromatic carbocycles. The van der Waals surface area contributed by atoms with Crippen LogP contribution in [0.25, 0.3) is 11.1 Å². The van der Waals surface area contributed by atoms with Gasteiger partial charge in [-0.2, -0.15) is 0 Å². The maximum Gasteiger partial charge on any atom is 0.00695 e. The number of rotatable bonds is 10. The molecule has 0 spiro atoms. The molecule has 0 aliphatic rings. The van der Waals surface area contributed by atoms with Gasteiger partial charge in [0.15, 0.2) is 0 Å². The van der Waals surface area contributed by atoms with E-state index in [0.29, 0.717) is 0 Å². The minimum atomic E-state index is 0.911. The van der Waals surface area contributed by atoms with E-state index >= 15 is 0 Å². The van der Waals surface area contributed by atoms with Crippen molar-refractivity contribution in [1.29, 1.82) is 0 Å². The van der Waals surface area contributed by atoms with Gasteiger partial charge in [0.25, 0.3) is 0 Å². The summed E-state index contributed by atoms with van der Waals surface area (Å²) in [6.45, 7) is 4.61. The Kier molecular flexibility index (Phi) is 8.45. The number of benzene rings is 2. The summed E-state index contributed by atoms with van der Waals surface area (Å²) in [4.78, 5) is 1.32. The molecule has 0 bridgehead atoms. The Morgan fingerprint density at radius 1 is 0.750 bits per heavy atom. The summed E-state index contributed by atoms with van der Waals surface area (Å²) in [6.07, 6.45) is 11.5. The lowest BCUT2D eigenvalue weighted by atomic mass is 9.90. The second kappa shape index (κ2) is 10.6. The minimum absolute atomic E-state index is 0.911. The molecular weight excluding hydrogens is 308 g/mol. The fourth-order valence-electron chi connectivity index (χ4n) is 3.35. The standard InChI is InChI=1S/C23H32S/c1-4-6-8-19(7-5-2)9-10-20-11-13-21(14-12-20)22-15-17-23(24-3)18-16-22/h11-19H,4-10H2,1-3H3. The zero-order valence-electron chi connectivity index (χ0n) is 15.6. The summed E-state index contributed by atoms with van der Waals surface area (Å²) in [6, 6.07) is 18.1. The Balaban J connectivity index is 1.93. The van der Waals surface area contributed by atoms with E-state index in [0.717, 1.165) is 5.92 Å². The molecule has 0 saturated carbocycles. The molecule has 0 nitrogen and oxygen atoms in total. The molecule has 0 fully saturated rings. The van der Waals surface area contributed by atoms with E-state index in [1.807, 2.05) is 0 Å². The van der Waals surface area contributed by atoms with Crippen LogP contribution in [-0.4, -0.2) is 6.26 Å². The van der Waals surface area contributed by atoms with Gasteiger partial charge in [-0.15, -0.1) is 11.8 Å². The van der Waals surface area contributed by atoms with Crippen molar-refractivity contribution in [2.45, 2.75) is 63.7 Å². The maximum atomic E-state index is 2.32. The molecule has 1 heteroatoms. The molecule has 24 heavy (non-hydrogen) atoms. The molecule has 0 aliphatic heterocycles. The van der Waals surface area contributed by atoms with Gasteiger partial charge in [0.05, 0.1) is 0 Å². The predicted octanol–water partition coefficient (Wildman–Crippen LogP) is 7.61. The normalized spacial score (nSPS) is 12.3. The minimum Gasteiger partial charge on any atom is -0.130 e. The van der Waals surface area contributed by atoms with Crippen LogP contribution in [0.5, 0.6) is 0 Å². The molecule has 0 radical (unpaired) electrons. The fourth-order valence-corrected chi connectivity index (χ4v) is 3.76. The third-order valence-corrected chi connectivity index (χ3v) is 5.62. The van der Waals surface area contributed by atoms with Crippen molar-refractivity contribution in [2.75, 3.05) is 6.26 Å². The Labute approximate surface area is 153 Å². The molecular formula is C23H32S. The van der Waals surface area contributed by atoms with Gasteiger partial charge in [0, 0.05) is 4.90 Å². The first-order valence-corrected chi connectivity index (χ1v) is 10.7. The molecule has 2 aromatic rings. The van der Waals surface area contributed by atoms with E-state index in [9.17, 15) is 0 Å². The van der Waals surface area contributed by atoms with Crippen molar-refractivity contribution in [3.05, 3.63) is 54.1 Å². The summed E-state index contributed by atoms with van der Waals surface area (Å²) in [5.74, 6) is 0.911. The van der Waals surface area contributed by atoms with Gasteiger partial charge in [-0.1, -0.05) is 82.3 Å². The highest BCUT2D eigenvalue weighted by Crippen LogP contribution is 2.25. The molecule has 0 heterocycles. The van der Waals surface area contributed by atoms with Crippen molar-refractivity contribution < 1.29 is 0 Å². The van der Waals surface area contributed by atoms with Gasteiger partial charge in [-0.3, -0.25) is 0 Å². The topological polar surface area (TPSA) is 0 Å². The van der Waals surface area contributed by atoms with Gasteiger partial charge in [-0.25, -0.2) is 0 Å². The second-order valence-electron chi connectivity index (χ2n) is 6.76. The highest BCUT2D eigenvalue weighted by molar-refractivity contribution is 7.98. The highest BCUT2D eigenvalue weighted by Gasteiger charge is 2.08. The number of thioether (sulfide) groups is 1. The van der Waals surface area contributed by atoms with E-state index in [2.05, 4.69) is 68.6 Å². The Morgan fingerprint density at radius 3 is 1.92 bits per heavy atom. The van der Waals surface area contributed by atoms with Gasteiger partial charge in [0.2, 0.25) is 0 Å². The number of hydrogen-bond donors (Lipinski definition) is 0. The van der Waals surface area contributed by atoms with Crippen LogP contribution in [0.15, 0.2) is 53.4 Å². The highest BCUT2D eigenvalue weighted by atomic mass is 32.2. The predicted molar refractivity (Wildman–Crippen MR) is 110 cm³/mol. The zero-order valence-corrected chi connectivity index (χ0v) is 16.4. The van der Waals surface area contributed by atoms with Crippen LogP contribution >= 0.6 is 11.8 Å². The van der Waals surface area contributed by atoms with E-state index in [1.165, 1.54) is 66.5 Å². The van der Waals surface area contributed by atoms with Crippen molar-refractivity contribution in [3.63, 3.8) is 0 Å². The van der Waals surface area contributed by atoms with Crippen molar-refractivity contribution in [3.8, 4) is 11.1 Å². The molecule has 0 saturated heterocycles. The lowest BCUT2D eigenvalue weighted by Gasteiger charge is -2.15. The van der Waals surface area contributed by atoms with E-state index in [4.69, 9.17) is 0 Å². The SMILES string of the molecule is CCCCC(CCC)CCc1ccc(-c2ccc(SC)cc2)cc1. The molecule has 0 N–H and O–H groups in total. The van der Waals surface area contributed by atoms with Gasteiger partial charge in [0.1, 0.15) is 0 Å². The molecule has 2 rings (SSSR count). The molecule has 1 atom stereocenters. The second-order valence-corrected chi connectivity index (χ2v) is 7.64. The van der Waals surface area contributed by atoms with Crippen molar-refractivity contribution in [1.82, 2.24) is 0 Å². The summed E-state index contributed by atoms with van der Waals surface area (Å²) >= 11 is 1.79. The van der Waals surface area contributed by atoms with E-state index < -0.39 is 0 Å². The van der Waals surface area contributed by atoms with Crippen LogP contribution in [0, 0.1) is 5.92 Å². The number of aryl methyl sites for hydroxylation is 1. The average molecular weight is 341 g/mol. The van der Waals surface area contributed by atoms with Crippen LogP contribution in [0.4, 0.5) is 0 Å². The number of unbranched alkanes of at least 4 members (excludes halogenated alkanes) is 1. The third-order valence-electron chi connectivity index (χ3n) is 4.88. The van der Waals surface area contributed by atoms with Gasteiger partial charge >= 0.3 is 0 Å².